The van der Waals surface area contributed by atoms with Crippen molar-refractivity contribution in [2.75, 3.05) is 19.8 Å². The van der Waals surface area contributed by atoms with E-state index in [9.17, 15) is 0 Å². The molecule has 2 saturated heterocycles. The quantitative estimate of drug-likeness (QED) is 0.772. The predicted molar refractivity (Wildman–Crippen MR) is 62.5 cm³/mol. The third-order valence-electron chi connectivity index (χ3n) is 4.12. The van der Waals surface area contributed by atoms with Gasteiger partial charge in [-0.15, -0.1) is 0 Å². The van der Waals surface area contributed by atoms with Crippen molar-refractivity contribution in [3.05, 3.63) is 0 Å². The lowest BCUT2D eigenvalue weighted by Gasteiger charge is -2.20. The number of nitrogens with one attached hydrogen (secondary N) is 1. The molecule has 0 aromatic heterocycles. The molecule has 3 heteroatoms. The molecule has 1 aliphatic carbocycles. The van der Waals surface area contributed by atoms with Gasteiger partial charge in [0.05, 0.1) is 12.2 Å². The third-order valence-corrected chi connectivity index (χ3v) is 4.12. The van der Waals surface area contributed by atoms with Crippen LogP contribution in [-0.2, 0) is 9.47 Å². The molecule has 3 rings (SSSR count). The Morgan fingerprint density at radius 2 is 1.94 bits per heavy atom. The minimum Gasteiger partial charge on any atom is -0.378 e. The number of hydrogen-bond donors (Lipinski definition) is 1. The van der Waals surface area contributed by atoms with E-state index in [-0.39, 0.29) is 0 Å². The van der Waals surface area contributed by atoms with Crippen molar-refractivity contribution in [2.24, 2.45) is 5.92 Å². The Labute approximate surface area is 97.9 Å². The fourth-order valence-electron chi connectivity index (χ4n) is 3.02. The van der Waals surface area contributed by atoms with Crippen molar-refractivity contribution < 1.29 is 9.47 Å². The second-order valence-electron chi connectivity index (χ2n) is 5.45. The first-order valence-corrected chi connectivity index (χ1v) is 6.90. The summed E-state index contributed by atoms with van der Waals surface area (Å²) < 4.78 is 11.5. The molecule has 2 heterocycles. The topological polar surface area (TPSA) is 30.5 Å². The fourth-order valence-corrected chi connectivity index (χ4v) is 3.02. The van der Waals surface area contributed by atoms with Crippen LogP contribution in [0.15, 0.2) is 0 Å². The highest BCUT2D eigenvalue weighted by Crippen LogP contribution is 2.38. The highest BCUT2D eigenvalue weighted by molar-refractivity contribution is 4.93. The van der Waals surface area contributed by atoms with Crippen molar-refractivity contribution in [3.8, 4) is 0 Å². The second kappa shape index (κ2) is 5.03. The normalized spacial score (nSPS) is 39.4. The first-order chi connectivity index (χ1) is 7.93. The molecule has 92 valence electrons. The van der Waals surface area contributed by atoms with Gasteiger partial charge in [0.1, 0.15) is 0 Å². The molecule has 3 aliphatic rings. The molecule has 0 radical (unpaired) electrons. The van der Waals surface area contributed by atoms with Crippen LogP contribution in [0.3, 0.4) is 0 Å². The van der Waals surface area contributed by atoms with E-state index >= 15 is 0 Å². The van der Waals surface area contributed by atoms with Crippen molar-refractivity contribution >= 4 is 0 Å². The Hall–Kier alpha value is -0.120. The van der Waals surface area contributed by atoms with Crippen LogP contribution in [0.1, 0.15) is 38.5 Å². The van der Waals surface area contributed by atoms with Crippen LogP contribution in [-0.4, -0.2) is 38.0 Å². The zero-order valence-corrected chi connectivity index (χ0v) is 9.99. The van der Waals surface area contributed by atoms with E-state index in [0.29, 0.717) is 18.2 Å². The van der Waals surface area contributed by atoms with Gasteiger partial charge in [0.15, 0.2) is 0 Å². The molecule has 1 saturated carbocycles. The number of rotatable bonds is 5. The largest absolute Gasteiger partial charge is 0.378 e. The molecule has 0 aromatic carbocycles. The molecule has 16 heavy (non-hydrogen) atoms. The zero-order valence-electron chi connectivity index (χ0n) is 9.99. The summed E-state index contributed by atoms with van der Waals surface area (Å²) in [7, 11) is 0. The van der Waals surface area contributed by atoms with Gasteiger partial charge < -0.3 is 14.8 Å². The summed E-state index contributed by atoms with van der Waals surface area (Å²) in [6.45, 7) is 3.03. The minimum absolute atomic E-state index is 0.518. The van der Waals surface area contributed by atoms with Crippen LogP contribution in [0.25, 0.3) is 0 Å². The minimum atomic E-state index is 0.518. The molecule has 1 N–H and O–H groups in total. The van der Waals surface area contributed by atoms with Gasteiger partial charge in [-0.05, 0) is 51.0 Å². The smallest absolute Gasteiger partial charge is 0.0756 e. The average molecular weight is 225 g/mol. The highest BCUT2D eigenvalue weighted by Gasteiger charge is 2.40. The van der Waals surface area contributed by atoms with Gasteiger partial charge in [-0.25, -0.2) is 0 Å². The van der Waals surface area contributed by atoms with Gasteiger partial charge in [0, 0.05) is 19.3 Å². The van der Waals surface area contributed by atoms with Crippen molar-refractivity contribution in [3.63, 3.8) is 0 Å². The zero-order chi connectivity index (χ0) is 10.8. The van der Waals surface area contributed by atoms with Crippen LogP contribution in [0.2, 0.25) is 0 Å². The van der Waals surface area contributed by atoms with Crippen molar-refractivity contribution in [1.82, 2.24) is 5.32 Å². The molecule has 3 atom stereocenters. The molecule has 0 bridgehead atoms. The highest BCUT2D eigenvalue weighted by atomic mass is 16.5. The lowest BCUT2D eigenvalue weighted by molar-refractivity contribution is 0.0774. The maximum Gasteiger partial charge on any atom is 0.0756 e. The molecule has 3 fully saturated rings. The lowest BCUT2D eigenvalue weighted by atomic mass is 10.1. The summed E-state index contributed by atoms with van der Waals surface area (Å²) in [5, 5.41) is 3.67. The van der Waals surface area contributed by atoms with E-state index in [1.807, 2.05) is 0 Å². The molecular weight excluding hydrogens is 202 g/mol. The van der Waals surface area contributed by atoms with Gasteiger partial charge in [-0.3, -0.25) is 0 Å². The standard InChI is InChI=1S/C13H23NO2/c1-2-11(15-8-1)5-7-14-12-6-9-16-13(12)10-3-4-10/h10-14H,1-9H2. The van der Waals surface area contributed by atoms with Gasteiger partial charge in [-0.1, -0.05) is 0 Å². The number of ether oxygens (including phenoxy) is 2. The fraction of sp³-hybridized carbons (Fsp3) is 1.00. The Balaban J connectivity index is 1.37. The first-order valence-electron chi connectivity index (χ1n) is 6.90. The SMILES string of the molecule is C1COC(CCNC2CCOC2C2CC2)C1. The monoisotopic (exact) mass is 225 g/mol. The van der Waals surface area contributed by atoms with Gasteiger partial charge in [-0.2, -0.15) is 0 Å². The Kier molecular flexibility index (Phi) is 3.46. The van der Waals surface area contributed by atoms with Crippen LogP contribution < -0.4 is 5.32 Å². The summed E-state index contributed by atoms with van der Waals surface area (Å²) in [6, 6.07) is 0.619. The van der Waals surface area contributed by atoms with Crippen molar-refractivity contribution in [2.45, 2.75) is 56.8 Å². The Morgan fingerprint density at radius 1 is 1.00 bits per heavy atom. The van der Waals surface area contributed by atoms with E-state index in [1.54, 1.807) is 0 Å². The molecule has 3 unspecified atom stereocenters. The van der Waals surface area contributed by atoms with Crippen LogP contribution in [0.4, 0.5) is 0 Å². The average Bonchev–Trinajstić information content (AvgIpc) is 2.82. The van der Waals surface area contributed by atoms with Crippen LogP contribution in [0, 0.1) is 5.92 Å². The molecule has 0 spiro atoms. The van der Waals surface area contributed by atoms with Gasteiger partial charge in [0.25, 0.3) is 0 Å². The lowest BCUT2D eigenvalue weighted by Crippen LogP contribution is -2.38. The third kappa shape index (κ3) is 2.58. The summed E-state index contributed by atoms with van der Waals surface area (Å²) >= 11 is 0. The van der Waals surface area contributed by atoms with Crippen LogP contribution >= 0.6 is 0 Å². The number of hydrogen-bond acceptors (Lipinski definition) is 3. The Morgan fingerprint density at radius 3 is 2.69 bits per heavy atom. The van der Waals surface area contributed by atoms with Gasteiger partial charge in [0.2, 0.25) is 0 Å². The van der Waals surface area contributed by atoms with E-state index in [4.69, 9.17) is 9.47 Å². The summed E-state index contributed by atoms with van der Waals surface area (Å²) in [4.78, 5) is 0. The molecule has 0 amide bonds. The van der Waals surface area contributed by atoms with Crippen LogP contribution in [0.5, 0.6) is 0 Å². The van der Waals surface area contributed by atoms with E-state index in [1.165, 1.54) is 38.5 Å². The molecule has 2 aliphatic heterocycles. The maximum absolute atomic E-state index is 5.82. The molecular formula is C13H23NO2. The molecule has 3 nitrogen and oxygen atoms in total. The molecule has 0 aromatic rings. The Bertz CT molecular complexity index is 224. The summed E-state index contributed by atoms with van der Waals surface area (Å²) in [5.41, 5.74) is 0. The van der Waals surface area contributed by atoms with E-state index in [2.05, 4.69) is 5.32 Å². The first kappa shape index (κ1) is 11.0. The maximum atomic E-state index is 5.82. The van der Waals surface area contributed by atoms with Gasteiger partial charge >= 0.3 is 0 Å². The summed E-state index contributed by atoms with van der Waals surface area (Å²) in [5.74, 6) is 0.864. The van der Waals surface area contributed by atoms with E-state index in [0.717, 1.165) is 25.7 Å². The predicted octanol–water partition coefficient (Wildman–Crippen LogP) is 1.71. The second-order valence-corrected chi connectivity index (χ2v) is 5.45. The van der Waals surface area contributed by atoms with E-state index < -0.39 is 0 Å². The van der Waals surface area contributed by atoms with Crippen molar-refractivity contribution in [1.29, 1.82) is 0 Å². The summed E-state index contributed by atoms with van der Waals surface area (Å²) in [6.07, 6.45) is 8.69.